The number of benzene rings is 2. The van der Waals surface area contributed by atoms with Crippen molar-refractivity contribution in [3.8, 4) is 5.75 Å². The van der Waals surface area contributed by atoms with Gasteiger partial charge in [0.2, 0.25) is 0 Å². The van der Waals surface area contributed by atoms with E-state index >= 15 is 0 Å². The van der Waals surface area contributed by atoms with E-state index in [2.05, 4.69) is 0 Å². The highest BCUT2D eigenvalue weighted by Crippen LogP contribution is 2.40. The molecular formula is C20H18F3NO4. The minimum Gasteiger partial charge on any atom is -0.508 e. The number of likely N-dealkylation sites (tertiary alicyclic amines) is 1. The smallest absolute Gasteiger partial charge is 0.416 e. The predicted octanol–water partition coefficient (Wildman–Crippen LogP) is 4.15. The van der Waals surface area contributed by atoms with Gasteiger partial charge in [-0.05, 0) is 49.1 Å². The first-order valence-corrected chi connectivity index (χ1v) is 8.62. The maximum Gasteiger partial charge on any atom is 0.416 e. The number of carboxylic acid groups (broad SMARTS) is 1. The van der Waals surface area contributed by atoms with Crippen molar-refractivity contribution < 1.29 is 33.0 Å². The molecule has 2 aromatic carbocycles. The maximum atomic E-state index is 13.1. The molecule has 1 amide bonds. The van der Waals surface area contributed by atoms with Gasteiger partial charge >= 0.3 is 12.1 Å². The van der Waals surface area contributed by atoms with Crippen LogP contribution in [0.1, 0.15) is 45.9 Å². The molecule has 0 spiro atoms. The number of alkyl halides is 3. The third-order valence-electron chi connectivity index (χ3n) is 4.94. The average molecular weight is 393 g/mol. The first-order chi connectivity index (χ1) is 13.1. The number of hydrogen-bond acceptors (Lipinski definition) is 3. The Balaban J connectivity index is 2.07. The first-order valence-electron chi connectivity index (χ1n) is 8.62. The molecule has 3 rings (SSSR count). The van der Waals surface area contributed by atoms with Gasteiger partial charge < -0.3 is 15.1 Å². The van der Waals surface area contributed by atoms with E-state index in [1.807, 2.05) is 13.0 Å². The maximum absolute atomic E-state index is 13.1. The topological polar surface area (TPSA) is 77.8 Å². The highest BCUT2D eigenvalue weighted by atomic mass is 19.4. The van der Waals surface area contributed by atoms with Gasteiger partial charge in [-0.15, -0.1) is 0 Å². The van der Waals surface area contributed by atoms with Crippen LogP contribution in [0.25, 0.3) is 0 Å². The summed E-state index contributed by atoms with van der Waals surface area (Å²) in [4.78, 5) is 25.9. The van der Waals surface area contributed by atoms with Gasteiger partial charge in [-0.25, -0.2) is 4.79 Å². The van der Waals surface area contributed by atoms with Crippen LogP contribution < -0.4 is 0 Å². The molecular weight excluding hydrogens is 375 g/mol. The minimum atomic E-state index is -4.75. The Morgan fingerprint density at radius 2 is 1.79 bits per heavy atom. The van der Waals surface area contributed by atoms with Gasteiger partial charge in [-0.3, -0.25) is 4.79 Å². The molecule has 2 N–H and O–H groups in total. The third-order valence-corrected chi connectivity index (χ3v) is 4.94. The largest absolute Gasteiger partial charge is 0.508 e. The molecule has 0 bridgehead atoms. The van der Waals surface area contributed by atoms with Crippen LogP contribution in [0, 0.1) is 6.92 Å². The molecule has 1 aliphatic heterocycles. The summed E-state index contributed by atoms with van der Waals surface area (Å²) in [6, 6.07) is 7.50. The number of aromatic hydroxyl groups is 1. The summed E-state index contributed by atoms with van der Waals surface area (Å²) in [5, 5.41) is 19.2. The van der Waals surface area contributed by atoms with Gasteiger partial charge in [0.1, 0.15) is 11.8 Å². The van der Waals surface area contributed by atoms with Gasteiger partial charge in [0.25, 0.3) is 5.91 Å². The number of amides is 1. The Bertz CT molecular complexity index is 926. The molecule has 0 aromatic heterocycles. The molecule has 0 aliphatic carbocycles. The molecule has 28 heavy (non-hydrogen) atoms. The highest BCUT2D eigenvalue weighted by molar-refractivity contribution is 5.98. The summed E-state index contributed by atoms with van der Waals surface area (Å²) in [6.45, 7) is 1.82. The molecule has 0 unspecified atom stereocenters. The molecule has 8 heteroatoms. The van der Waals surface area contributed by atoms with Gasteiger partial charge in [0, 0.05) is 5.56 Å². The zero-order valence-corrected chi connectivity index (χ0v) is 14.9. The third kappa shape index (κ3) is 3.67. The first kappa shape index (κ1) is 19.7. The van der Waals surface area contributed by atoms with Crippen LogP contribution in [0.2, 0.25) is 0 Å². The second kappa shape index (κ2) is 7.18. The second-order valence-corrected chi connectivity index (χ2v) is 6.78. The summed E-state index contributed by atoms with van der Waals surface area (Å²) in [6.07, 6.45) is -4.19. The van der Waals surface area contributed by atoms with E-state index in [1.54, 1.807) is 18.2 Å². The zero-order valence-electron chi connectivity index (χ0n) is 14.9. The van der Waals surface area contributed by atoms with Crippen LogP contribution in [0.5, 0.6) is 5.75 Å². The summed E-state index contributed by atoms with van der Waals surface area (Å²) in [5.74, 6) is -2.79. The standard InChI is InChI=1S/C20H18F3NO4/c1-11-4-2-3-5-15(11)16-6-7-17(19(27)28)24(16)18(26)12-8-13(20(21,22)23)10-14(25)9-12/h2-5,8-10,16-17,25H,6-7H2,1H3,(H,27,28)/t16-,17+/m1/s1. The minimum absolute atomic E-state index is 0.186. The fraction of sp³-hybridized carbons (Fsp3) is 0.300. The molecule has 2 atom stereocenters. The number of carboxylic acids is 1. The Labute approximate surface area is 159 Å². The Kier molecular flexibility index (Phi) is 5.06. The van der Waals surface area contributed by atoms with Crippen molar-refractivity contribution in [2.75, 3.05) is 0 Å². The number of hydrogen-bond donors (Lipinski definition) is 2. The number of phenolic OH excluding ortho intramolecular Hbond substituents is 1. The Morgan fingerprint density at radius 1 is 1.11 bits per heavy atom. The predicted molar refractivity (Wildman–Crippen MR) is 93.9 cm³/mol. The zero-order chi connectivity index (χ0) is 20.6. The van der Waals surface area contributed by atoms with Crippen molar-refractivity contribution in [1.82, 2.24) is 4.90 Å². The van der Waals surface area contributed by atoms with Crippen LogP contribution in [0.3, 0.4) is 0 Å². The summed E-state index contributed by atoms with van der Waals surface area (Å²) >= 11 is 0. The van der Waals surface area contributed by atoms with E-state index in [1.165, 1.54) is 0 Å². The summed E-state index contributed by atoms with van der Waals surface area (Å²) in [7, 11) is 0. The number of halogens is 3. The summed E-state index contributed by atoms with van der Waals surface area (Å²) in [5.41, 5.74) is 0.0208. The van der Waals surface area contributed by atoms with Crippen LogP contribution >= 0.6 is 0 Å². The molecule has 1 fully saturated rings. The highest BCUT2D eigenvalue weighted by Gasteiger charge is 2.43. The van der Waals surface area contributed by atoms with Gasteiger partial charge in [-0.2, -0.15) is 13.2 Å². The van der Waals surface area contributed by atoms with Crippen LogP contribution in [0.4, 0.5) is 13.2 Å². The quantitative estimate of drug-likeness (QED) is 0.821. The number of carbonyl (C=O) groups is 2. The molecule has 0 radical (unpaired) electrons. The van der Waals surface area contributed by atoms with Crippen molar-refractivity contribution >= 4 is 11.9 Å². The van der Waals surface area contributed by atoms with E-state index in [4.69, 9.17) is 0 Å². The second-order valence-electron chi connectivity index (χ2n) is 6.78. The van der Waals surface area contributed by atoms with Crippen LogP contribution in [0.15, 0.2) is 42.5 Å². The van der Waals surface area contributed by atoms with E-state index in [-0.39, 0.29) is 6.42 Å². The number of nitrogens with zero attached hydrogens (tertiary/aromatic N) is 1. The van der Waals surface area contributed by atoms with Crippen molar-refractivity contribution in [2.45, 2.75) is 38.0 Å². The van der Waals surface area contributed by atoms with Gasteiger partial charge in [0.15, 0.2) is 0 Å². The van der Waals surface area contributed by atoms with E-state index in [0.29, 0.717) is 18.6 Å². The Morgan fingerprint density at radius 3 is 2.39 bits per heavy atom. The molecule has 148 valence electrons. The number of rotatable bonds is 3. The van der Waals surface area contributed by atoms with Crippen molar-refractivity contribution in [3.05, 3.63) is 64.7 Å². The molecule has 2 aromatic rings. The SMILES string of the molecule is Cc1ccccc1[C@H]1CC[C@@H](C(=O)O)N1C(=O)c1cc(O)cc(C(F)(F)F)c1. The van der Waals surface area contributed by atoms with E-state index < -0.39 is 47.0 Å². The van der Waals surface area contributed by atoms with E-state index in [9.17, 15) is 33.0 Å². The average Bonchev–Trinajstić information content (AvgIpc) is 3.05. The van der Waals surface area contributed by atoms with Gasteiger partial charge in [0.05, 0.1) is 11.6 Å². The number of phenols is 1. The van der Waals surface area contributed by atoms with Crippen molar-refractivity contribution in [1.29, 1.82) is 0 Å². The van der Waals surface area contributed by atoms with Crippen LogP contribution in [-0.2, 0) is 11.0 Å². The number of aliphatic carboxylic acids is 1. The van der Waals surface area contributed by atoms with E-state index in [0.717, 1.165) is 22.1 Å². The summed E-state index contributed by atoms with van der Waals surface area (Å²) < 4.78 is 39.2. The van der Waals surface area contributed by atoms with Crippen molar-refractivity contribution in [2.24, 2.45) is 0 Å². The van der Waals surface area contributed by atoms with Crippen molar-refractivity contribution in [3.63, 3.8) is 0 Å². The fourth-order valence-electron chi connectivity index (χ4n) is 3.65. The molecule has 1 saturated heterocycles. The Hall–Kier alpha value is -3.03. The fourth-order valence-corrected chi connectivity index (χ4v) is 3.65. The monoisotopic (exact) mass is 393 g/mol. The molecule has 0 saturated carbocycles. The van der Waals surface area contributed by atoms with Gasteiger partial charge in [-0.1, -0.05) is 24.3 Å². The number of aryl methyl sites for hydroxylation is 1. The normalized spacial score (nSPS) is 19.6. The van der Waals surface area contributed by atoms with Crippen LogP contribution in [-0.4, -0.2) is 33.0 Å². The molecule has 5 nitrogen and oxygen atoms in total. The molecule has 1 aliphatic rings. The lowest BCUT2D eigenvalue weighted by molar-refractivity contribution is -0.142. The lowest BCUT2D eigenvalue weighted by atomic mass is 9.99. The lowest BCUT2D eigenvalue weighted by Crippen LogP contribution is -2.42. The molecule has 1 heterocycles. The lowest BCUT2D eigenvalue weighted by Gasteiger charge is -2.30. The number of carbonyl (C=O) groups excluding carboxylic acids is 1.